The first-order valence-electron chi connectivity index (χ1n) is 10.1. The third-order valence-corrected chi connectivity index (χ3v) is 6.73. The molecule has 8 heteroatoms. The Morgan fingerprint density at radius 1 is 1.28 bits per heavy atom. The zero-order valence-corrected chi connectivity index (χ0v) is 19.1. The molecule has 1 N–H and O–H groups in total. The standard InChI is InChI=1S/C21H27BrN6S/c1-29-11-3-8-27-9-5-17(6-10-27)19-12-20(24-14-16-4-2-7-23-13-16)28-21(26-19)18(22)15-25-28/h2,4,7,12-13,15,17,24H,3,5-6,8-11,14H2,1H3. The summed E-state index contributed by atoms with van der Waals surface area (Å²) in [6.07, 6.45) is 11.3. The quantitative estimate of drug-likeness (QED) is 0.487. The first kappa shape index (κ1) is 20.6. The number of piperidine rings is 1. The van der Waals surface area contributed by atoms with Crippen molar-refractivity contribution in [2.24, 2.45) is 0 Å². The second kappa shape index (κ2) is 9.91. The SMILES string of the molecule is CSCCCN1CCC(c2cc(NCc3cccnc3)n3ncc(Br)c3n2)CC1. The zero-order valence-electron chi connectivity index (χ0n) is 16.7. The van der Waals surface area contributed by atoms with E-state index in [1.54, 1.807) is 6.20 Å². The number of anilines is 1. The van der Waals surface area contributed by atoms with E-state index in [0.717, 1.165) is 53.1 Å². The molecule has 1 fully saturated rings. The van der Waals surface area contributed by atoms with Crippen LogP contribution < -0.4 is 5.32 Å². The molecule has 3 aromatic rings. The third-order valence-electron chi connectivity index (χ3n) is 5.47. The number of hydrogen-bond acceptors (Lipinski definition) is 6. The van der Waals surface area contributed by atoms with Gasteiger partial charge in [-0.2, -0.15) is 21.4 Å². The number of aromatic nitrogens is 4. The average molecular weight is 475 g/mol. The maximum atomic E-state index is 4.95. The van der Waals surface area contributed by atoms with Crippen molar-refractivity contribution in [2.75, 3.05) is 37.0 Å². The van der Waals surface area contributed by atoms with E-state index >= 15 is 0 Å². The molecule has 0 aromatic carbocycles. The van der Waals surface area contributed by atoms with E-state index in [2.05, 4.69) is 54.6 Å². The number of pyridine rings is 1. The summed E-state index contributed by atoms with van der Waals surface area (Å²) in [4.78, 5) is 11.8. The van der Waals surface area contributed by atoms with Gasteiger partial charge in [-0.1, -0.05) is 6.07 Å². The van der Waals surface area contributed by atoms with Crippen LogP contribution in [0.4, 0.5) is 5.82 Å². The van der Waals surface area contributed by atoms with Crippen LogP contribution in [0.15, 0.2) is 41.3 Å². The van der Waals surface area contributed by atoms with Gasteiger partial charge in [-0.3, -0.25) is 4.98 Å². The van der Waals surface area contributed by atoms with Gasteiger partial charge in [0.05, 0.1) is 10.7 Å². The van der Waals surface area contributed by atoms with Gasteiger partial charge in [-0.25, -0.2) is 4.98 Å². The molecule has 6 nitrogen and oxygen atoms in total. The lowest BCUT2D eigenvalue weighted by Crippen LogP contribution is -2.34. The summed E-state index contributed by atoms with van der Waals surface area (Å²) >= 11 is 5.54. The molecule has 0 amide bonds. The van der Waals surface area contributed by atoms with Crippen molar-refractivity contribution in [3.63, 3.8) is 0 Å². The Hall–Kier alpha value is -1.64. The molecule has 0 atom stereocenters. The van der Waals surface area contributed by atoms with Crippen LogP contribution in [-0.2, 0) is 6.54 Å². The number of hydrogen-bond donors (Lipinski definition) is 1. The van der Waals surface area contributed by atoms with Gasteiger partial charge >= 0.3 is 0 Å². The van der Waals surface area contributed by atoms with Crippen LogP contribution in [0.5, 0.6) is 0 Å². The number of nitrogens with one attached hydrogen (secondary N) is 1. The van der Waals surface area contributed by atoms with Crippen LogP contribution in [0.2, 0.25) is 0 Å². The van der Waals surface area contributed by atoms with E-state index < -0.39 is 0 Å². The van der Waals surface area contributed by atoms with Gasteiger partial charge in [0.1, 0.15) is 5.82 Å². The molecular weight excluding hydrogens is 448 g/mol. The van der Waals surface area contributed by atoms with Gasteiger partial charge in [0.2, 0.25) is 0 Å². The molecule has 0 bridgehead atoms. The predicted octanol–water partition coefficient (Wildman–Crippen LogP) is 4.43. The molecule has 1 aliphatic rings. The summed E-state index contributed by atoms with van der Waals surface area (Å²) < 4.78 is 2.81. The molecule has 0 saturated carbocycles. The van der Waals surface area contributed by atoms with Crippen LogP contribution in [0, 0.1) is 0 Å². The molecule has 154 valence electrons. The molecular formula is C21H27BrN6S. The lowest BCUT2D eigenvalue weighted by atomic mass is 9.93. The van der Waals surface area contributed by atoms with Gasteiger partial charge < -0.3 is 10.2 Å². The zero-order chi connectivity index (χ0) is 20.1. The second-order valence-electron chi connectivity index (χ2n) is 7.47. The van der Waals surface area contributed by atoms with E-state index in [9.17, 15) is 0 Å². The predicted molar refractivity (Wildman–Crippen MR) is 124 cm³/mol. The fourth-order valence-corrected chi connectivity index (χ4v) is 4.64. The summed E-state index contributed by atoms with van der Waals surface area (Å²) in [5.41, 5.74) is 3.18. The van der Waals surface area contributed by atoms with E-state index in [0.29, 0.717) is 12.5 Å². The molecule has 3 aromatic heterocycles. The molecule has 29 heavy (non-hydrogen) atoms. The van der Waals surface area contributed by atoms with Crippen LogP contribution >= 0.6 is 27.7 Å². The number of nitrogens with zero attached hydrogens (tertiary/aromatic N) is 5. The van der Waals surface area contributed by atoms with Crippen molar-refractivity contribution in [2.45, 2.75) is 31.7 Å². The largest absolute Gasteiger partial charge is 0.366 e. The number of likely N-dealkylation sites (tertiary alicyclic amines) is 1. The molecule has 0 unspecified atom stereocenters. The van der Waals surface area contributed by atoms with E-state index in [-0.39, 0.29) is 0 Å². The van der Waals surface area contributed by atoms with Gasteiger partial charge in [0, 0.05) is 36.6 Å². The number of thioether (sulfide) groups is 1. The summed E-state index contributed by atoms with van der Waals surface area (Å²) in [6.45, 7) is 4.24. The van der Waals surface area contributed by atoms with Gasteiger partial charge in [-0.15, -0.1) is 0 Å². The normalized spacial score (nSPS) is 15.8. The van der Waals surface area contributed by atoms with Crippen molar-refractivity contribution in [1.82, 2.24) is 24.5 Å². The minimum atomic E-state index is 0.498. The summed E-state index contributed by atoms with van der Waals surface area (Å²) in [5, 5.41) is 8.02. The van der Waals surface area contributed by atoms with Crippen molar-refractivity contribution in [3.05, 3.63) is 52.5 Å². The molecule has 1 aliphatic heterocycles. The van der Waals surface area contributed by atoms with Crippen molar-refractivity contribution in [3.8, 4) is 0 Å². The first-order chi connectivity index (χ1) is 14.2. The van der Waals surface area contributed by atoms with Crippen LogP contribution in [-0.4, -0.2) is 56.1 Å². The fraction of sp³-hybridized carbons (Fsp3) is 0.476. The number of rotatable bonds is 8. The van der Waals surface area contributed by atoms with Crippen LogP contribution in [0.3, 0.4) is 0 Å². The summed E-state index contributed by atoms with van der Waals surface area (Å²) in [7, 11) is 0. The summed E-state index contributed by atoms with van der Waals surface area (Å²) in [6, 6.07) is 6.21. The smallest absolute Gasteiger partial charge is 0.171 e. The van der Waals surface area contributed by atoms with Crippen molar-refractivity contribution < 1.29 is 0 Å². The highest BCUT2D eigenvalue weighted by Crippen LogP contribution is 2.30. The molecule has 4 heterocycles. The van der Waals surface area contributed by atoms with Crippen molar-refractivity contribution >= 4 is 39.2 Å². The fourth-order valence-electron chi connectivity index (χ4n) is 3.87. The van der Waals surface area contributed by atoms with E-state index in [4.69, 9.17) is 4.98 Å². The Kier molecular flexibility index (Phi) is 7.05. The average Bonchev–Trinajstić information content (AvgIpc) is 3.14. The van der Waals surface area contributed by atoms with E-state index in [1.807, 2.05) is 34.7 Å². The van der Waals surface area contributed by atoms with Crippen LogP contribution in [0.25, 0.3) is 5.65 Å². The Bertz CT molecular complexity index is 924. The highest BCUT2D eigenvalue weighted by molar-refractivity contribution is 9.10. The maximum absolute atomic E-state index is 4.95. The third kappa shape index (κ3) is 5.10. The van der Waals surface area contributed by atoms with Crippen molar-refractivity contribution in [1.29, 1.82) is 0 Å². The summed E-state index contributed by atoms with van der Waals surface area (Å²) in [5.74, 6) is 2.72. The topological polar surface area (TPSA) is 58.4 Å². The minimum absolute atomic E-state index is 0.498. The van der Waals surface area contributed by atoms with Gasteiger partial charge in [0.25, 0.3) is 0 Å². The van der Waals surface area contributed by atoms with Gasteiger partial charge in [-0.05, 0) is 78.5 Å². The van der Waals surface area contributed by atoms with Gasteiger partial charge in [0.15, 0.2) is 5.65 Å². The number of fused-ring (bicyclic) bond motifs is 1. The molecule has 4 rings (SSSR count). The Balaban J connectivity index is 1.49. The maximum Gasteiger partial charge on any atom is 0.171 e. The Morgan fingerprint density at radius 2 is 2.14 bits per heavy atom. The van der Waals surface area contributed by atoms with Crippen LogP contribution in [0.1, 0.15) is 36.4 Å². The van der Waals surface area contributed by atoms with E-state index in [1.165, 1.54) is 18.7 Å². The first-order valence-corrected chi connectivity index (χ1v) is 12.3. The molecule has 0 aliphatic carbocycles. The molecule has 0 spiro atoms. The monoisotopic (exact) mass is 474 g/mol. The highest BCUT2D eigenvalue weighted by Gasteiger charge is 2.23. The highest BCUT2D eigenvalue weighted by atomic mass is 79.9. The lowest BCUT2D eigenvalue weighted by Gasteiger charge is -2.31. The Labute approximate surface area is 184 Å². The minimum Gasteiger partial charge on any atom is -0.366 e. The molecule has 0 radical (unpaired) electrons. The molecule has 1 saturated heterocycles. The second-order valence-corrected chi connectivity index (χ2v) is 9.31. The lowest BCUT2D eigenvalue weighted by molar-refractivity contribution is 0.212. The number of halogens is 1. The Morgan fingerprint density at radius 3 is 2.90 bits per heavy atom.